The summed E-state index contributed by atoms with van der Waals surface area (Å²) in [5, 5.41) is 10.2. The van der Waals surface area contributed by atoms with Crippen LogP contribution in [0, 0.1) is 11.3 Å². The summed E-state index contributed by atoms with van der Waals surface area (Å²) in [6.45, 7) is 2.63. The van der Waals surface area contributed by atoms with Gasteiger partial charge >= 0.3 is 0 Å². The van der Waals surface area contributed by atoms with E-state index in [2.05, 4.69) is 41.0 Å². The number of fused-ring (bicyclic) bond motifs is 1. The van der Waals surface area contributed by atoms with E-state index in [9.17, 15) is 5.26 Å². The van der Waals surface area contributed by atoms with Crippen molar-refractivity contribution in [3.05, 3.63) is 106 Å². The van der Waals surface area contributed by atoms with Gasteiger partial charge in [-0.25, -0.2) is 4.98 Å². The van der Waals surface area contributed by atoms with Gasteiger partial charge in [-0.1, -0.05) is 72.3 Å². The lowest BCUT2D eigenvalue weighted by atomic mass is 9.93. The fraction of sp³-hybridized carbons (Fsp3) is 0.185. The average molecular weight is 424 g/mol. The van der Waals surface area contributed by atoms with Crippen molar-refractivity contribution in [3.63, 3.8) is 0 Å². The molecule has 1 heterocycles. The Morgan fingerprint density at radius 2 is 1.71 bits per heavy atom. The molecule has 31 heavy (non-hydrogen) atoms. The predicted octanol–water partition coefficient (Wildman–Crippen LogP) is 6.96. The first-order chi connectivity index (χ1) is 15.2. The Kier molecular flexibility index (Phi) is 5.10. The standard InChI is InChI=1S/C27H22ClN3/c1-18(16-29)25(20-6-3-2-4-7-20)21-12-10-19(11-13-21)17-31-24-9-5-8-23(28)26(24)30-27(31)22-14-15-22/h2-13,22H,14-15,17H2,1H3/b25-18+. The van der Waals surface area contributed by atoms with Crippen LogP contribution in [0.15, 0.2) is 78.4 Å². The molecule has 0 atom stereocenters. The van der Waals surface area contributed by atoms with Crippen molar-refractivity contribution in [2.75, 3.05) is 0 Å². The minimum absolute atomic E-state index is 0.536. The molecule has 0 saturated heterocycles. The van der Waals surface area contributed by atoms with Gasteiger partial charge in [0.25, 0.3) is 0 Å². The van der Waals surface area contributed by atoms with Gasteiger partial charge in [-0.05, 0) is 48.6 Å². The number of imidazole rings is 1. The fourth-order valence-electron chi connectivity index (χ4n) is 4.17. The third-order valence-corrected chi connectivity index (χ3v) is 6.20. The molecule has 0 unspecified atom stereocenters. The quantitative estimate of drug-likeness (QED) is 0.325. The molecule has 0 aliphatic heterocycles. The van der Waals surface area contributed by atoms with Crippen molar-refractivity contribution in [2.45, 2.75) is 32.2 Å². The molecule has 0 amide bonds. The van der Waals surface area contributed by atoms with Crippen LogP contribution < -0.4 is 0 Å². The molecule has 4 aromatic rings. The molecule has 3 nitrogen and oxygen atoms in total. The largest absolute Gasteiger partial charge is 0.323 e. The van der Waals surface area contributed by atoms with Gasteiger partial charge in [-0.2, -0.15) is 5.26 Å². The lowest BCUT2D eigenvalue weighted by Crippen LogP contribution is -2.04. The number of hydrogen-bond acceptors (Lipinski definition) is 2. The Hall–Kier alpha value is -3.35. The van der Waals surface area contributed by atoms with E-state index in [0.717, 1.165) is 40.1 Å². The van der Waals surface area contributed by atoms with Crippen molar-refractivity contribution < 1.29 is 0 Å². The number of rotatable bonds is 5. The number of halogens is 1. The summed E-state index contributed by atoms with van der Waals surface area (Å²) in [5.74, 6) is 1.67. The van der Waals surface area contributed by atoms with Crippen LogP contribution in [0.5, 0.6) is 0 Å². The van der Waals surface area contributed by atoms with Gasteiger partial charge < -0.3 is 4.57 Å². The molecule has 5 rings (SSSR count). The predicted molar refractivity (Wildman–Crippen MR) is 126 cm³/mol. The van der Waals surface area contributed by atoms with E-state index in [1.165, 1.54) is 18.4 Å². The highest BCUT2D eigenvalue weighted by molar-refractivity contribution is 6.34. The molecule has 0 N–H and O–H groups in total. The van der Waals surface area contributed by atoms with Gasteiger partial charge in [-0.3, -0.25) is 0 Å². The molecule has 1 fully saturated rings. The second kappa shape index (κ2) is 8.06. The number of benzene rings is 3. The Balaban J connectivity index is 1.51. The summed E-state index contributed by atoms with van der Waals surface area (Å²) in [5.41, 5.74) is 6.98. The lowest BCUT2D eigenvalue weighted by Gasteiger charge is -2.12. The molecule has 1 aliphatic carbocycles. The lowest BCUT2D eigenvalue weighted by molar-refractivity contribution is 0.747. The number of hydrogen-bond donors (Lipinski definition) is 0. The molecule has 0 spiro atoms. The maximum absolute atomic E-state index is 9.54. The molecule has 152 valence electrons. The summed E-state index contributed by atoms with van der Waals surface area (Å²) in [6.07, 6.45) is 2.39. The van der Waals surface area contributed by atoms with E-state index in [-0.39, 0.29) is 0 Å². The summed E-state index contributed by atoms with van der Waals surface area (Å²) in [6, 6.07) is 26.9. The minimum atomic E-state index is 0.536. The van der Waals surface area contributed by atoms with Crippen LogP contribution in [0.1, 0.15) is 48.2 Å². The van der Waals surface area contributed by atoms with E-state index in [0.29, 0.717) is 16.5 Å². The maximum Gasteiger partial charge on any atom is 0.113 e. The summed E-state index contributed by atoms with van der Waals surface area (Å²) < 4.78 is 2.31. The van der Waals surface area contributed by atoms with Crippen LogP contribution >= 0.6 is 11.6 Å². The van der Waals surface area contributed by atoms with Crippen LogP contribution in [-0.4, -0.2) is 9.55 Å². The summed E-state index contributed by atoms with van der Waals surface area (Å²) in [7, 11) is 0. The van der Waals surface area contributed by atoms with Gasteiger partial charge in [0.1, 0.15) is 11.3 Å². The SMILES string of the molecule is C/C(C#N)=C(/c1ccccc1)c1ccc(Cn2c(C3CC3)nc3c(Cl)cccc32)cc1. The van der Waals surface area contributed by atoms with E-state index in [1.807, 2.05) is 49.4 Å². The Bertz CT molecular complexity index is 1320. The zero-order valence-electron chi connectivity index (χ0n) is 17.3. The monoisotopic (exact) mass is 423 g/mol. The van der Waals surface area contributed by atoms with Gasteiger partial charge in [0, 0.05) is 23.6 Å². The topological polar surface area (TPSA) is 41.6 Å². The molecular formula is C27H22ClN3. The van der Waals surface area contributed by atoms with Gasteiger partial charge in [-0.15, -0.1) is 0 Å². The first kappa shape index (κ1) is 19.6. The molecule has 1 aromatic heterocycles. The summed E-state index contributed by atoms with van der Waals surface area (Å²) >= 11 is 6.42. The van der Waals surface area contributed by atoms with E-state index in [4.69, 9.17) is 16.6 Å². The van der Waals surface area contributed by atoms with E-state index < -0.39 is 0 Å². The van der Waals surface area contributed by atoms with Crippen LogP contribution in [-0.2, 0) is 6.54 Å². The van der Waals surface area contributed by atoms with E-state index in [1.54, 1.807) is 0 Å². The Labute approximate surface area is 187 Å². The first-order valence-corrected chi connectivity index (χ1v) is 10.9. The van der Waals surface area contributed by atoms with Gasteiger partial charge in [0.2, 0.25) is 0 Å². The first-order valence-electron chi connectivity index (χ1n) is 10.6. The second-order valence-electron chi connectivity index (χ2n) is 8.11. The number of nitrogens with zero attached hydrogens (tertiary/aromatic N) is 3. The number of nitriles is 1. The van der Waals surface area contributed by atoms with Crippen molar-refractivity contribution in [1.29, 1.82) is 5.26 Å². The van der Waals surface area contributed by atoms with Crippen LogP contribution in [0.2, 0.25) is 5.02 Å². The smallest absolute Gasteiger partial charge is 0.113 e. The average Bonchev–Trinajstić information content (AvgIpc) is 3.58. The Morgan fingerprint density at radius 3 is 2.39 bits per heavy atom. The van der Waals surface area contributed by atoms with Crippen molar-refractivity contribution >= 4 is 28.2 Å². The third-order valence-electron chi connectivity index (χ3n) is 5.89. The van der Waals surface area contributed by atoms with E-state index >= 15 is 0 Å². The highest BCUT2D eigenvalue weighted by Crippen LogP contribution is 2.41. The number of para-hydroxylation sites is 1. The molecule has 1 aliphatic rings. The molecule has 3 aromatic carbocycles. The Morgan fingerprint density at radius 1 is 1.00 bits per heavy atom. The molecule has 0 radical (unpaired) electrons. The zero-order chi connectivity index (χ0) is 21.4. The number of allylic oxidation sites excluding steroid dienone is 1. The molecule has 4 heteroatoms. The zero-order valence-corrected chi connectivity index (χ0v) is 18.1. The van der Waals surface area contributed by atoms with Crippen LogP contribution in [0.25, 0.3) is 16.6 Å². The molecule has 0 bridgehead atoms. The highest BCUT2D eigenvalue weighted by Gasteiger charge is 2.30. The van der Waals surface area contributed by atoms with Crippen LogP contribution in [0.4, 0.5) is 0 Å². The van der Waals surface area contributed by atoms with Gasteiger partial charge in [0.05, 0.1) is 16.6 Å². The van der Waals surface area contributed by atoms with Gasteiger partial charge in [0.15, 0.2) is 0 Å². The highest BCUT2D eigenvalue weighted by atomic mass is 35.5. The summed E-state index contributed by atoms with van der Waals surface area (Å²) in [4.78, 5) is 4.88. The van der Waals surface area contributed by atoms with Crippen molar-refractivity contribution in [2.24, 2.45) is 0 Å². The normalized spacial score (nSPS) is 14.4. The minimum Gasteiger partial charge on any atom is -0.323 e. The maximum atomic E-state index is 9.54. The third kappa shape index (κ3) is 3.76. The van der Waals surface area contributed by atoms with Crippen molar-refractivity contribution in [1.82, 2.24) is 9.55 Å². The molecular weight excluding hydrogens is 402 g/mol. The second-order valence-corrected chi connectivity index (χ2v) is 8.52. The number of aromatic nitrogens is 2. The fourth-order valence-corrected chi connectivity index (χ4v) is 4.38. The van der Waals surface area contributed by atoms with Crippen molar-refractivity contribution in [3.8, 4) is 6.07 Å². The molecule has 1 saturated carbocycles. The van der Waals surface area contributed by atoms with Crippen LogP contribution in [0.3, 0.4) is 0 Å².